The van der Waals surface area contributed by atoms with E-state index in [0.717, 1.165) is 6.07 Å². The number of thioether (sulfide) groups is 1. The fourth-order valence-corrected chi connectivity index (χ4v) is 6.84. The van der Waals surface area contributed by atoms with Crippen LogP contribution in [0.3, 0.4) is 0 Å². The van der Waals surface area contributed by atoms with Gasteiger partial charge in [-0.05, 0) is 54.8 Å². The number of halogens is 4. The van der Waals surface area contributed by atoms with Gasteiger partial charge in [0.05, 0.1) is 39.1 Å². The summed E-state index contributed by atoms with van der Waals surface area (Å²) in [5, 5.41) is -0.183. The molecule has 1 amide bonds. The molecule has 1 saturated heterocycles. The number of ether oxygens (including phenoxy) is 1. The Labute approximate surface area is 229 Å². The smallest absolute Gasteiger partial charge is 0.417 e. The van der Waals surface area contributed by atoms with Crippen LogP contribution in [-0.2, 0) is 10.9 Å². The van der Waals surface area contributed by atoms with Gasteiger partial charge in [-0.25, -0.2) is 9.59 Å². The number of aromatic nitrogens is 2. The number of rotatable bonds is 3. The van der Waals surface area contributed by atoms with Crippen LogP contribution in [0.1, 0.15) is 46.2 Å². The molecule has 38 heavy (non-hydrogen) atoms. The molecule has 2 aliphatic rings. The summed E-state index contributed by atoms with van der Waals surface area (Å²) in [5.74, 6) is 0.559. The van der Waals surface area contributed by atoms with Gasteiger partial charge < -0.3 is 14.5 Å². The van der Waals surface area contributed by atoms with Crippen LogP contribution in [0.15, 0.2) is 15.8 Å². The number of carbonyl (C=O) groups excluding carboxylic acids is 1. The summed E-state index contributed by atoms with van der Waals surface area (Å²) in [5.41, 5.74) is -1.79. The van der Waals surface area contributed by atoms with Crippen molar-refractivity contribution in [2.75, 3.05) is 44.4 Å². The van der Waals surface area contributed by atoms with E-state index in [9.17, 15) is 22.8 Å². The van der Waals surface area contributed by atoms with Crippen molar-refractivity contribution in [1.82, 2.24) is 19.4 Å². The van der Waals surface area contributed by atoms with Gasteiger partial charge in [0.25, 0.3) is 0 Å². The van der Waals surface area contributed by atoms with Crippen LogP contribution < -0.4 is 10.6 Å². The highest BCUT2D eigenvalue weighted by Crippen LogP contribution is 2.48. The second kappa shape index (κ2) is 10.1. The van der Waals surface area contributed by atoms with Gasteiger partial charge in [0.1, 0.15) is 11.4 Å². The van der Waals surface area contributed by atoms with E-state index < -0.39 is 34.1 Å². The first-order chi connectivity index (χ1) is 17.5. The van der Waals surface area contributed by atoms with Crippen molar-refractivity contribution in [1.29, 1.82) is 0 Å². The van der Waals surface area contributed by atoms with Crippen LogP contribution in [0.2, 0.25) is 5.02 Å². The number of carbonyl (C=O) groups is 1. The maximum absolute atomic E-state index is 14.1. The summed E-state index contributed by atoms with van der Waals surface area (Å²) >= 11 is 7.55. The number of piperazine rings is 1. The quantitative estimate of drug-likeness (QED) is 0.504. The van der Waals surface area contributed by atoms with Gasteiger partial charge in [-0.3, -0.25) is 9.47 Å². The topological polar surface area (TPSA) is 70.9 Å². The van der Waals surface area contributed by atoms with E-state index in [-0.39, 0.29) is 47.3 Å². The Morgan fingerprint density at radius 3 is 2.34 bits per heavy atom. The molecule has 1 aromatic carbocycles. The van der Waals surface area contributed by atoms with E-state index in [1.54, 1.807) is 30.6 Å². The lowest BCUT2D eigenvalue weighted by Gasteiger charge is -2.45. The van der Waals surface area contributed by atoms with Crippen molar-refractivity contribution in [3.63, 3.8) is 0 Å². The van der Waals surface area contributed by atoms with Gasteiger partial charge >= 0.3 is 18.0 Å². The highest BCUT2D eigenvalue weighted by Gasteiger charge is 2.40. The molecule has 0 saturated carbocycles. The minimum absolute atomic E-state index is 0.165. The number of benzene rings is 1. The lowest BCUT2D eigenvalue weighted by Crippen LogP contribution is -2.60. The van der Waals surface area contributed by atoms with E-state index in [1.807, 2.05) is 32.8 Å². The average molecular weight is 576 g/mol. The lowest BCUT2D eigenvalue weighted by atomic mass is 10.1. The molecule has 0 aliphatic carbocycles. The second-order valence-corrected chi connectivity index (χ2v) is 12.7. The molecule has 210 valence electrons. The molecule has 0 unspecified atom stereocenters. The van der Waals surface area contributed by atoms with E-state index in [4.69, 9.17) is 16.3 Å². The Bertz CT molecular complexity index is 1300. The maximum atomic E-state index is 14.1. The molecule has 3 atom stereocenters. The average Bonchev–Trinajstić information content (AvgIpc) is 2.74. The molecular formula is C25H33ClF3N5O3S. The van der Waals surface area contributed by atoms with Crippen molar-refractivity contribution < 1.29 is 22.7 Å². The van der Waals surface area contributed by atoms with Crippen molar-refractivity contribution in [2.45, 2.75) is 69.4 Å². The Balaban J connectivity index is 1.86. The number of amides is 1. The van der Waals surface area contributed by atoms with Crippen LogP contribution in [0.5, 0.6) is 0 Å². The summed E-state index contributed by atoms with van der Waals surface area (Å²) in [7, 11) is 3.74. The molecule has 1 aromatic heterocycles. The van der Waals surface area contributed by atoms with Gasteiger partial charge in [-0.15, -0.1) is 11.8 Å². The summed E-state index contributed by atoms with van der Waals surface area (Å²) in [6.45, 7) is 10.1. The highest BCUT2D eigenvalue weighted by atomic mass is 35.5. The first-order valence-electron chi connectivity index (χ1n) is 12.4. The normalized spacial score (nSPS) is 22.4. The SMILES string of the molecule is C[C@@H]1CN(c2nc(=O)n3c4c(c(Cl)c(C(F)(F)F)cc24)SC[C@@H]3CN(C)C)C[C@H](C)N1C(=O)OC(C)(C)C. The Morgan fingerprint density at radius 2 is 1.82 bits per heavy atom. The van der Waals surface area contributed by atoms with E-state index in [1.165, 1.54) is 16.3 Å². The van der Waals surface area contributed by atoms with Crippen molar-refractivity contribution in [3.8, 4) is 0 Å². The van der Waals surface area contributed by atoms with E-state index in [2.05, 4.69) is 4.98 Å². The lowest BCUT2D eigenvalue weighted by molar-refractivity contribution is -0.137. The zero-order valence-corrected chi connectivity index (χ0v) is 24.1. The maximum Gasteiger partial charge on any atom is 0.417 e. The van der Waals surface area contributed by atoms with Gasteiger partial charge in [-0.1, -0.05) is 11.6 Å². The molecule has 0 radical (unpaired) electrons. The molecule has 2 aromatic rings. The molecule has 0 spiro atoms. The predicted octanol–water partition coefficient (Wildman–Crippen LogP) is 5.11. The molecule has 4 rings (SSSR count). The first kappa shape index (κ1) is 28.8. The van der Waals surface area contributed by atoms with Crippen molar-refractivity contribution >= 4 is 46.2 Å². The predicted molar refractivity (Wildman–Crippen MR) is 144 cm³/mol. The fourth-order valence-electron chi connectivity index (χ4n) is 5.23. The minimum Gasteiger partial charge on any atom is -0.444 e. The van der Waals surface area contributed by atoms with E-state index in [0.29, 0.717) is 17.8 Å². The van der Waals surface area contributed by atoms with Crippen molar-refractivity contribution in [3.05, 3.63) is 27.1 Å². The summed E-state index contributed by atoms with van der Waals surface area (Å²) in [6, 6.07) is 0.0397. The summed E-state index contributed by atoms with van der Waals surface area (Å²) in [6.07, 6.45) is -5.15. The Morgan fingerprint density at radius 1 is 1.21 bits per heavy atom. The standard InChI is InChI=1S/C25H33ClF3N5O3S/c1-13-9-32(10-14(2)33(13)23(36)37-24(3,4)5)21-16-8-17(25(27,28)29)18(26)20-19(16)34(22(35)30-21)15(12-38-20)11-31(6)7/h8,13-15H,9-12H2,1-7H3/t13-,14+,15-/m0/s1. The monoisotopic (exact) mass is 575 g/mol. The number of hydrogen-bond acceptors (Lipinski definition) is 7. The Hall–Kier alpha value is -2.18. The molecule has 3 heterocycles. The number of likely N-dealkylation sites (N-methyl/N-ethyl adjacent to an activating group) is 1. The molecule has 0 N–H and O–H groups in total. The van der Waals surface area contributed by atoms with E-state index >= 15 is 0 Å². The molecule has 1 fully saturated rings. The van der Waals surface area contributed by atoms with Gasteiger partial charge in [0, 0.05) is 30.8 Å². The third-order valence-electron chi connectivity index (χ3n) is 6.57. The second-order valence-electron chi connectivity index (χ2n) is 11.3. The summed E-state index contributed by atoms with van der Waals surface area (Å²) < 4.78 is 49.2. The summed E-state index contributed by atoms with van der Waals surface area (Å²) in [4.78, 5) is 36.2. The number of alkyl halides is 3. The first-order valence-corrected chi connectivity index (χ1v) is 13.8. The zero-order valence-electron chi connectivity index (χ0n) is 22.5. The number of nitrogens with zero attached hydrogens (tertiary/aromatic N) is 5. The van der Waals surface area contributed by atoms with Gasteiger partial charge in [0.2, 0.25) is 0 Å². The van der Waals surface area contributed by atoms with Crippen LogP contribution in [-0.4, -0.2) is 82.6 Å². The molecule has 2 aliphatic heterocycles. The molecule has 0 bridgehead atoms. The Kier molecular flexibility index (Phi) is 7.65. The fraction of sp³-hybridized carbons (Fsp3) is 0.640. The largest absolute Gasteiger partial charge is 0.444 e. The third-order valence-corrected chi connectivity index (χ3v) is 8.32. The van der Waals surface area contributed by atoms with Crippen molar-refractivity contribution in [2.24, 2.45) is 0 Å². The van der Waals surface area contributed by atoms with Crippen LogP contribution in [0, 0.1) is 0 Å². The highest BCUT2D eigenvalue weighted by molar-refractivity contribution is 7.99. The number of anilines is 1. The van der Waals surface area contributed by atoms with Gasteiger partial charge in [-0.2, -0.15) is 18.2 Å². The number of hydrogen-bond donors (Lipinski definition) is 0. The molecule has 8 nitrogen and oxygen atoms in total. The zero-order chi connectivity index (χ0) is 28.3. The van der Waals surface area contributed by atoms with Crippen LogP contribution in [0.25, 0.3) is 10.9 Å². The minimum atomic E-state index is -4.68. The molecular weight excluding hydrogens is 543 g/mol. The van der Waals surface area contributed by atoms with Gasteiger partial charge in [0.15, 0.2) is 0 Å². The third kappa shape index (κ3) is 5.44. The van der Waals surface area contributed by atoms with Crippen LogP contribution in [0.4, 0.5) is 23.8 Å². The van der Waals surface area contributed by atoms with Crippen LogP contribution >= 0.6 is 23.4 Å². The molecule has 13 heteroatoms.